The molecule has 0 bridgehead atoms. The predicted octanol–water partition coefficient (Wildman–Crippen LogP) is 5.06. The Morgan fingerprint density at radius 1 is 0.926 bits per heavy atom. The third-order valence-electron chi connectivity index (χ3n) is 4.50. The fourth-order valence-corrected chi connectivity index (χ4v) is 2.91. The second-order valence-corrected chi connectivity index (χ2v) is 7.02. The fourth-order valence-electron chi connectivity index (χ4n) is 2.91. The quantitative estimate of drug-likeness (QED) is 0.369. The molecular weight excluding hydrogens is 344 g/mol. The molecule has 0 saturated heterocycles. The van der Waals surface area contributed by atoms with E-state index in [0.29, 0.717) is 6.61 Å². The van der Waals surface area contributed by atoms with Gasteiger partial charge in [-0.2, -0.15) is 0 Å². The second-order valence-electron chi connectivity index (χ2n) is 7.02. The zero-order valence-corrected chi connectivity index (χ0v) is 16.7. The van der Waals surface area contributed by atoms with Crippen LogP contribution in [0.1, 0.15) is 81.5 Å². The lowest BCUT2D eigenvalue weighted by atomic mass is 10.1. The van der Waals surface area contributed by atoms with Crippen LogP contribution in [0.2, 0.25) is 0 Å². The van der Waals surface area contributed by atoms with Crippen molar-refractivity contribution in [3.8, 4) is 5.75 Å². The maximum Gasteiger partial charge on any atom is 0.339 e. The molecule has 1 unspecified atom stereocenters. The summed E-state index contributed by atoms with van der Waals surface area (Å²) in [6, 6.07) is 6.41. The zero-order valence-electron chi connectivity index (χ0n) is 16.7. The summed E-state index contributed by atoms with van der Waals surface area (Å²) in [6.07, 6.45) is 12.0. The highest BCUT2D eigenvalue weighted by atomic mass is 16.5. The molecule has 0 spiro atoms. The molecule has 1 atom stereocenters. The number of hydrogen-bond acceptors (Lipinski definition) is 4. The van der Waals surface area contributed by atoms with Crippen LogP contribution in [0, 0.1) is 0 Å². The number of para-hydroxylation sites is 1. The third-order valence-corrected chi connectivity index (χ3v) is 4.50. The van der Waals surface area contributed by atoms with Gasteiger partial charge in [-0.05, 0) is 18.6 Å². The highest BCUT2D eigenvalue weighted by Gasteiger charge is 2.12. The maximum absolute atomic E-state index is 11.1. The summed E-state index contributed by atoms with van der Waals surface area (Å²) in [5.41, 5.74) is 0.0935. The van der Waals surface area contributed by atoms with Crippen LogP contribution in [-0.2, 0) is 4.74 Å². The standard InChI is InChI=1S/C22H36O5/c1-2-3-4-5-6-7-8-9-10-13-16-26-17-19(23)18-27-21-15-12-11-14-20(21)22(24)25/h11-12,14-15,19,23H,2-10,13,16-18H2,1H3,(H,24,25). The van der Waals surface area contributed by atoms with E-state index in [1.54, 1.807) is 18.2 Å². The van der Waals surface area contributed by atoms with Gasteiger partial charge in [0.05, 0.1) is 6.61 Å². The van der Waals surface area contributed by atoms with Crippen LogP contribution >= 0.6 is 0 Å². The van der Waals surface area contributed by atoms with Crippen molar-refractivity contribution < 1.29 is 24.5 Å². The first-order valence-corrected chi connectivity index (χ1v) is 10.4. The normalized spacial score (nSPS) is 12.1. The Labute approximate surface area is 163 Å². The van der Waals surface area contributed by atoms with Gasteiger partial charge in [0, 0.05) is 6.61 Å². The molecule has 5 heteroatoms. The molecule has 0 aromatic heterocycles. The molecule has 1 rings (SSSR count). The Bertz CT molecular complexity index is 503. The topological polar surface area (TPSA) is 76.0 Å². The van der Waals surface area contributed by atoms with Crippen LogP contribution < -0.4 is 4.74 Å². The van der Waals surface area contributed by atoms with Crippen LogP contribution in [0.4, 0.5) is 0 Å². The molecule has 154 valence electrons. The van der Waals surface area contributed by atoms with Crippen molar-refractivity contribution in [1.82, 2.24) is 0 Å². The minimum absolute atomic E-state index is 0.0162. The monoisotopic (exact) mass is 380 g/mol. The number of carboxylic acid groups (broad SMARTS) is 1. The summed E-state index contributed by atoms with van der Waals surface area (Å²) < 4.78 is 10.9. The molecule has 1 aromatic rings. The summed E-state index contributed by atoms with van der Waals surface area (Å²) >= 11 is 0. The van der Waals surface area contributed by atoms with Gasteiger partial charge in [0.15, 0.2) is 0 Å². The molecule has 0 heterocycles. The summed E-state index contributed by atoms with van der Waals surface area (Å²) in [6.45, 7) is 3.10. The van der Waals surface area contributed by atoms with Crippen LogP contribution in [0.25, 0.3) is 0 Å². The summed E-state index contributed by atoms with van der Waals surface area (Å²) in [5.74, 6) is -0.781. The molecule has 0 aliphatic heterocycles. The van der Waals surface area contributed by atoms with E-state index < -0.39 is 12.1 Å². The van der Waals surface area contributed by atoms with Gasteiger partial charge in [0.25, 0.3) is 0 Å². The molecule has 0 aliphatic rings. The molecule has 0 aliphatic carbocycles. The first-order chi connectivity index (χ1) is 13.1. The first-order valence-electron chi connectivity index (χ1n) is 10.4. The second kappa shape index (κ2) is 15.5. The number of benzene rings is 1. The van der Waals surface area contributed by atoms with Gasteiger partial charge in [-0.1, -0.05) is 76.8 Å². The smallest absolute Gasteiger partial charge is 0.339 e. The van der Waals surface area contributed by atoms with Gasteiger partial charge in [-0.25, -0.2) is 4.79 Å². The van der Waals surface area contributed by atoms with Crippen molar-refractivity contribution in [2.75, 3.05) is 19.8 Å². The Kier molecular flexibility index (Phi) is 13.4. The fraction of sp³-hybridized carbons (Fsp3) is 0.682. The van der Waals surface area contributed by atoms with E-state index in [0.717, 1.165) is 12.8 Å². The summed E-state index contributed by atoms with van der Waals surface area (Å²) in [4.78, 5) is 11.1. The highest BCUT2D eigenvalue weighted by molar-refractivity contribution is 5.90. The maximum atomic E-state index is 11.1. The number of aliphatic hydroxyl groups is 1. The predicted molar refractivity (Wildman–Crippen MR) is 108 cm³/mol. The van der Waals surface area contributed by atoms with Crippen LogP contribution in [-0.4, -0.2) is 42.1 Å². The Hall–Kier alpha value is -1.59. The van der Waals surface area contributed by atoms with E-state index in [9.17, 15) is 9.90 Å². The third kappa shape index (κ3) is 11.7. The van der Waals surface area contributed by atoms with E-state index >= 15 is 0 Å². The molecule has 2 N–H and O–H groups in total. The number of aliphatic hydroxyl groups excluding tert-OH is 1. The molecule has 0 fully saturated rings. The minimum atomic E-state index is -1.04. The molecule has 27 heavy (non-hydrogen) atoms. The number of unbranched alkanes of at least 4 members (excludes halogenated alkanes) is 9. The van der Waals surface area contributed by atoms with E-state index in [1.165, 1.54) is 57.4 Å². The van der Waals surface area contributed by atoms with Gasteiger partial charge < -0.3 is 19.7 Å². The largest absolute Gasteiger partial charge is 0.490 e. The molecule has 0 saturated carbocycles. The van der Waals surface area contributed by atoms with Crippen LogP contribution in [0.15, 0.2) is 24.3 Å². The van der Waals surface area contributed by atoms with E-state index in [2.05, 4.69) is 6.92 Å². The van der Waals surface area contributed by atoms with Crippen molar-refractivity contribution in [2.45, 2.75) is 77.2 Å². The Morgan fingerprint density at radius 3 is 2.15 bits per heavy atom. The highest BCUT2D eigenvalue weighted by Crippen LogP contribution is 2.18. The number of rotatable bonds is 17. The van der Waals surface area contributed by atoms with Gasteiger partial charge in [0.2, 0.25) is 0 Å². The number of hydrogen-bond donors (Lipinski definition) is 2. The number of carboxylic acids is 1. The summed E-state index contributed by atoms with van der Waals surface area (Å²) in [7, 11) is 0. The lowest BCUT2D eigenvalue weighted by Gasteiger charge is -2.14. The Morgan fingerprint density at radius 2 is 1.52 bits per heavy atom. The average Bonchev–Trinajstić information content (AvgIpc) is 2.67. The SMILES string of the molecule is CCCCCCCCCCCCOCC(O)COc1ccccc1C(=O)O. The first kappa shape index (κ1) is 23.4. The molecule has 1 aromatic carbocycles. The number of ether oxygens (including phenoxy) is 2. The van der Waals surface area contributed by atoms with Gasteiger partial charge in [0.1, 0.15) is 24.0 Å². The van der Waals surface area contributed by atoms with Crippen molar-refractivity contribution in [3.05, 3.63) is 29.8 Å². The van der Waals surface area contributed by atoms with Gasteiger partial charge >= 0.3 is 5.97 Å². The van der Waals surface area contributed by atoms with Crippen LogP contribution in [0.5, 0.6) is 5.75 Å². The van der Waals surface area contributed by atoms with E-state index in [-0.39, 0.29) is 24.5 Å². The van der Waals surface area contributed by atoms with Crippen molar-refractivity contribution >= 4 is 5.97 Å². The molecule has 5 nitrogen and oxygen atoms in total. The number of aromatic carboxylic acids is 1. The average molecular weight is 381 g/mol. The van der Waals surface area contributed by atoms with Crippen LogP contribution in [0.3, 0.4) is 0 Å². The lowest BCUT2D eigenvalue weighted by molar-refractivity contribution is 0.0106. The van der Waals surface area contributed by atoms with Crippen molar-refractivity contribution in [1.29, 1.82) is 0 Å². The molecule has 0 radical (unpaired) electrons. The Balaban J connectivity index is 1.97. The molecular formula is C22H36O5. The van der Waals surface area contributed by atoms with Crippen molar-refractivity contribution in [2.24, 2.45) is 0 Å². The van der Waals surface area contributed by atoms with E-state index in [1.807, 2.05) is 0 Å². The van der Waals surface area contributed by atoms with Crippen molar-refractivity contribution in [3.63, 3.8) is 0 Å². The lowest BCUT2D eigenvalue weighted by Crippen LogP contribution is -2.24. The zero-order chi connectivity index (χ0) is 19.7. The van der Waals surface area contributed by atoms with E-state index in [4.69, 9.17) is 14.6 Å². The van der Waals surface area contributed by atoms with Gasteiger partial charge in [-0.3, -0.25) is 0 Å². The van der Waals surface area contributed by atoms with Gasteiger partial charge in [-0.15, -0.1) is 0 Å². The number of carbonyl (C=O) groups is 1. The minimum Gasteiger partial charge on any atom is -0.490 e. The summed E-state index contributed by atoms with van der Waals surface area (Å²) in [5, 5.41) is 19.0. The molecule has 0 amide bonds.